The van der Waals surface area contributed by atoms with Crippen LogP contribution in [0, 0.1) is 0 Å². The molecule has 1 aliphatic rings. The largest absolute Gasteiger partial charge is 0.449 e. The highest BCUT2D eigenvalue weighted by Gasteiger charge is 2.28. The Morgan fingerprint density at radius 3 is 2.36 bits per heavy atom. The van der Waals surface area contributed by atoms with E-state index in [1.807, 2.05) is 0 Å². The maximum atomic E-state index is 12.2. The van der Waals surface area contributed by atoms with E-state index in [-0.39, 0.29) is 16.4 Å². The normalized spacial score (nSPS) is 16.4. The zero-order valence-electron chi connectivity index (χ0n) is 12.6. The first-order valence-electron chi connectivity index (χ1n) is 7.09. The van der Waals surface area contributed by atoms with Crippen LogP contribution in [0.1, 0.15) is 30.1 Å². The van der Waals surface area contributed by atoms with Gasteiger partial charge in [0.15, 0.2) is 15.9 Å². The number of carbonyl (C=O) groups is 2. The summed E-state index contributed by atoms with van der Waals surface area (Å²) in [6.07, 6.45) is 1.99. The molecule has 1 amide bonds. The van der Waals surface area contributed by atoms with Crippen molar-refractivity contribution in [3.63, 3.8) is 0 Å². The fraction of sp³-hybridized carbons (Fsp3) is 0.467. The van der Waals surface area contributed by atoms with Gasteiger partial charge in [-0.05, 0) is 31.9 Å². The summed E-state index contributed by atoms with van der Waals surface area (Å²) < 4.78 is 28.6. The molecule has 0 aliphatic carbocycles. The molecule has 2 rings (SSSR count). The van der Waals surface area contributed by atoms with Gasteiger partial charge in [0, 0.05) is 19.3 Å². The molecule has 6 nitrogen and oxygen atoms in total. The number of hydrogen-bond donors (Lipinski definition) is 0. The lowest BCUT2D eigenvalue weighted by Crippen LogP contribution is -2.38. The van der Waals surface area contributed by atoms with Crippen molar-refractivity contribution >= 4 is 21.7 Å². The Bertz CT molecular complexity index is 677. The zero-order valence-corrected chi connectivity index (χ0v) is 13.4. The van der Waals surface area contributed by atoms with Gasteiger partial charge in [-0.25, -0.2) is 13.2 Å². The fourth-order valence-corrected chi connectivity index (χ4v) is 3.30. The number of carbonyl (C=O) groups excluding carboxylic acids is 2. The number of rotatable bonds is 4. The number of hydrogen-bond acceptors (Lipinski definition) is 5. The molecule has 1 aromatic rings. The second kappa shape index (κ2) is 6.48. The van der Waals surface area contributed by atoms with E-state index >= 15 is 0 Å². The van der Waals surface area contributed by atoms with E-state index in [1.165, 1.54) is 25.1 Å². The van der Waals surface area contributed by atoms with Gasteiger partial charge in [-0.2, -0.15) is 0 Å². The van der Waals surface area contributed by atoms with Crippen molar-refractivity contribution in [2.24, 2.45) is 0 Å². The molecule has 1 aromatic carbocycles. The number of ether oxygens (including phenoxy) is 1. The van der Waals surface area contributed by atoms with Gasteiger partial charge in [0.2, 0.25) is 0 Å². The number of amides is 1. The van der Waals surface area contributed by atoms with E-state index in [9.17, 15) is 18.0 Å². The first kappa shape index (κ1) is 16.5. The molecule has 0 spiro atoms. The van der Waals surface area contributed by atoms with Crippen LogP contribution in [0.2, 0.25) is 0 Å². The van der Waals surface area contributed by atoms with E-state index in [1.54, 1.807) is 11.0 Å². The molecule has 1 fully saturated rings. The molecule has 1 aliphatic heterocycles. The van der Waals surface area contributed by atoms with Crippen molar-refractivity contribution in [1.82, 2.24) is 4.90 Å². The third-order valence-electron chi connectivity index (χ3n) is 3.56. The highest BCUT2D eigenvalue weighted by molar-refractivity contribution is 7.90. The molecule has 7 heteroatoms. The first-order valence-corrected chi connectivity index (χ1v) is 8.98. The fourth-order valence-electron chi connectivity index (χ4n) is 2.43. The third-order valence-corrected chi connectivity index (χ3v) is 4.71. The standard InChI is InChI=1S/C15H19NO5S/c1-11(14(17)16-9-5-6-10-16)21-15(18)12-7-3-4-8-13(12)22(2,19)20/h3-4,7-8,11H,5-6,9-10H2,1-2H3/t11-/m0/s1. The number of benzene rings is 1. The van der Waals surface area contributed by atoms with Crippen LogP contribution in [0.25, 0.3) is 0 Å². The molecule has 0 aromatic heterocycles. The molecular weight excluding hydrogens is 306 g/mol. The minimum Gasteiger partial charge on any atom is -0.449 e. The number of likely N-dealkylation sites (tertiary alicyclic amines) is 1. The third kappa shape index (κ3) is 3.65. The monoisotopic (exact) mass is 325 g/mol. The molecule has 0 radical (unpaired) electrons. The first-order chi connectivity index (χ1) is 10.3. The van der Waals surface area contributed by atoms with Crippen molar-refractivity contribution in [3.8, 4) is 0 Å². The molecule has 22 heavy (non-hydrogen) atoms. The average Bonchev–Trinajstić information content (AvgIpc) is 2.99. The highest BCUT2D eigenvalue weighted by atomic mass is 32.2. The van der Waals surface area contributed by atoms with Crippen molar-refractivity contribution in [1.29, 1.82) is 0 Å². The molecule has 120 valence electrons. The minimum absolute atomic E-state index is 0.0499. The number of nitrogens with zero attached hydrogens (tertiary/aromatic N) is 1. The van der Waals surface area contributed by atoms with Crippen molar-refractivity contribution in [3.05, 3.63) is 29.8 Å². The van der Waals surface area contributed by atoms with E-state index in [2.05, 4.69) is 0 Å². The van der Waals surface area contributed by atoms with Crippen LogP contribution in [0.5, 0.6) is 0 Å². The Morgan fingerprint density at radius 2 is 1.77 bits per heavy atom. The van der Waals surface area contributed by atoms with Crippen molar-refractivity contribution < 1.29 is 22.7 Å². The maximum absolute atomic E-state index is 12.2. The van der Waals surface area contributed by atoms with E-state index in [0.29, 0.717) is 13.1 Å². The molecule has 0 saturated carbocycles. The van der Waals surface area contributed by atoms with E-state index < -0.39 is 21.9 Å². The van der Waals surface area contributed by atoms with Crippen molar-refractivity contribution in [2.45, 2.75) is 30.8 Å². The summed E-state index contributed by atoms with van der Waals surface area (Å²) in [6.45, 7) is 2.84. The lowest BCUT2D eigenvalue weighted by Gasteiger charge is -2.20. The van der Waals surface area contributed by atoms with Gasteiger partial charge in [-0.3, -0.25) is 4.79 Å². The topological polar surface area (TPSA) is 80.8 Å². The van der Waals surface area contributed by atoms with Crippen LogP contribution < -0.4 is 0 Å². The Hall–Kier alpha value is -1.89. The van der Waals surface area contributed by atoms with Gasteiger partial charge >= 0.3 is 5.97 Å². The second-order valence-electron chi connectivity index (χ2n) is 5.35. The summed E-state index contributed by atoms with van der Waals surface area (Å²) in [5.41, 5.74) is -0.0499. The summed E-state index contributed by atoms with van der Waals surface area (Å²) in [6, 6.07) is 5.81. The maximum Gasteiger partial charge on any atom is 0.340 e. The Balaban J connectivity index is 2.14. The van der Waals surface area contributed by atoms with Crippen LogP contribution in [0.3, 0.4) is 0 Å². The van der Waals surface area contributed by atoms with Crippen LogP contribution in [0.4, 0.5) is 0 Å². The van der Waals surface area contributed by atoms with Gasteiger partial charge in [-0.1, -0.05) is 12.1 Å². The summed E-state index contributed by atoms with van der Waals surface area (Å²) >= 11 is 0. The summed E-state index contributed by atoms with van der Waals surface area (Å²) in [5, 5.41) is 0. The van der Waals surface area contributed by atoms with Gasteiger partial charge in [0.1, 0.15) is 0 Å². The average molecular weight is 325 g/mol. The lowest BCUT2D eigenvalue weighted by atomic mass is 10.2. The van der Waals surface area contributed by atoms with Crippen molar-refractivity contribution in [2.75, 3.05) is 19.3 Å². The number of esters is 1. The number of sulfone groups is 1. The Morgan fingerprint density at radius 1 is 1.18 bits per heavy atom. The predicted octanol–water partition coefficient (Wildman–Crippen LogP) is 1.26. The zero-order chi connectivity index (χ0) is 16.3. The molecule has 0 unspecified atom stereocenters. The van der Waals surface area contributed by atoms with Crippen LogP contribution in [-0.4, -0.2) is 50.6 Å². The molecule has 1 atom stereocenters. The smallest absolute Gasteiger partial charge is 0.340 e. The molecule has 1 saturated heterocycles. The molecular formula is C15H19NO5S. The Kier molecular flexibility index (Phi) is 4.85. The van der Waals surface area contributed by atoms with Crippen LogP contribution >= 0.6 is 0 Å². The van der Waals surface area contributed by atoms with E-state index in [4.69, 9.17) is 4.74 Å². The summed E-state index contributed by atoms with van der Waals surface area (Å²) in [7, 11) is -3.55. The molecule has 1 heterocycles. The van der Waals surface area contributed by atoms with Gasteiger partial charge in [0.25, 0.3) is 5.91 Å². The summed E-state index contributed by atoms with van der Waals surface area (Å²) in [4.78, 5) is 25.9. The Labute approximate surface area is 130 Å². The van der Waals surface area contributed by atoms with Gasteiger partial charge < -0.3 is 9.64 Å². The van der Waals surface area contributed by atoms with Gasteiger partial charge in [0.05, 0.1) is 10.5 Å². The predicted molar refractivity (Wildman–Crippen MR) is 80.2 cm³/mol. The highest BCUT2D eigenvalue weighted by Crippen LogP contribution is 2.18. The molecule has 0 bridgehead atoms. The quantitative estimate of drug-likeness (QED) is 0.779. The van der Waals surface area contributed by atoms with Gasteiger partial charge in [-0.15, -0.1) is 0 Å². The summed E-state index contributed by atoms with van der Waals surface area (Å²) in [5.74, 6) is -1.05. The van der Waals surface area contributed by atoms with E-state index in [0.717, 1.165) is 19.1 Å². The second-order valence-corrected chi connectivity index (χ2v) is 7.33. The molecule has 0 N–H and O–H groups in total. The SMILES string of the molecule is C[C@H](OC(=O)c1ccccc1S(C)(=O)=O)C(=O)N1CCCC1. The minimum atomic E-state index is -3.55. The lowest BCUT2D eigenvalue weighted by molar-refractivity contribution is -0.138. The van der Waals surface area contributed by atoms with Crippen LogP contribution in [0.15, 0.2) is 29.2 Å². The van der Waals surface area contributed by atoms with Crippen LogP contribution in [-0.2, 0) is 19.4 Å².